The fourth-order valence-corrected chi connectivity index (χ4v) is 3.72. The van der Waals surface area contributed by atoms with Crippen LogP contribution in [0, 0.1) is 5.92 Å². The molecule has 0 bridgehead atoms. The van der Waals surface area contributed by atoms with E-state index in [1.54, 1.807) is 5.57 Å². The van der Waals surface area contributed by atoms with E-state index in [4.69, 9.17) is 0 Å². The second-order valence-electron chi connectivity index (χ2n) is 7.17. The molecule has 2 atom stereocenters. The van der Waals surface area contributed by atoms with Gasteiger partial charge in [0.05, 0.1) is 13.2 Å². The Morgan fingerprint density at radius 3 is 2.67 bits per heavy atom. The van der Waals surface area contributed by atoms with Gasteiger partial charge in [0.1, 0.15) is 12.6 Å². The van der Waals surface area contributed by atoms with Gasteiger partial charge in [0.25, 0.3) is 0 Å². The molecule has 0 amide bonds. The summed E-state index contributed by atoms with van der Waals surface area (Å²) in [6.45, 7) is 9.57. The van der Waals surface area contributed by atoms with Crippen molar-refractivity contribution >= 4 is 0 Å². The number of allylic oxidation sites excluding steroid dienone is 3. The lowest BCUT2D eigenvalue weighted by Crippen LogP contribution is -2.47. The zero-order chi connectivity index (χ0) is 15.3. The molecule has 0 radical (unpaired) electrons. The second kappa shape index (κ2) is 7.26. The van der Waals surface area contributed by atoms with Crippen molar-refractivity contribution in [3.05, 3.63) is 48.2 Å². The summed E-state index contributed by atoms with van der Waals surface area (Å²) in [6.07, 6.45) is 19.9. The fourth-order valence-electron chi connectivity index (χ4n) is 3.72. The monoisotopic (exact) mass is 286 g/mol. The summed E-state index contributed by atoms with van der Waals surface area (Å²) in [5, 5.41) is 0. The highest BCUT2D eigenvalue weighted by Gasteiger charge is 2.29. The van der Waals surface area contributed by atoms with Crippen molar-refractivity contribution in [1.82, 2.24) is 0 Å². The molecule has 1 aliphatic carbocycles. The van der Waals surface area contributed by atoms with E-state index >= 15 is 0 Å². The topological polar surface area (TPSA) is 0 Å². The minimum atomic E-state index is 0.538. The Kier molecular flexibility index (Phi) is 5.64. The highest BCUT2D eigenvalue weighted by Crippen LogP contribution is 2.32. The zero-order valence-corrected chi connectivity index (χ0v) is 14.1. The number of rotatable bonds is 5. The molecule has 1 heterocycles. The fraction of sp³-hybridized carbons (Fsp3) is 0.600. The lowest BCUT2D eigenvalue weighted by atomic mass is 9.84. The van der Waals surface area contributed by atoms with E-state index < -0.39 is 0 Å². The predicted octanol–water partition coefficient (Wildman–Crippen LogP) is 5.38. The second-order valence-corrected chi connectivity index (χ2v) is 7.17. The van der Waals surface area contributed by atoms with Gasteiger partial charge < -0.3 is 0 Å². The Morgan fingerprint density at radius 1 is 1.33 bits per heavy atom. The van der Waals surface area contributed by atoms with Crippen molar-refractivity contribution in [2.75, 3.05) is 13.6 Å². The molecule has 0 spiro atoms. The molecule has 0 saturated heterocycles. The molecule has 1 aliphatic heterocycles. The van der Waals surface area contributed by atoms with Crippen LogP contribution in [0.3, 0.4) is 0 Å². The van der Waals surface area contributed by atoms with Crippen LogP contribution in [0.1, 0.15) is 52.4 Å². The molecule has 2 rings (SSSR count). The largest absolute Gasteiger partial charge is 0.291 e. The lowest BCUT2D eigenvalue weighted by molar-refractivity contribution is -0.872. The standard InChI is InChI=1S/C20H32N/c1-5-9-17(2)16-21(4)13-12-20(14-18(21)3)15-19-10-7-6-8-11-19/h5,9,12-14,18-19H,2,6-8,10-11,15-16H2,1,3-4H3/q+1/b9-5-/t18?,21-/m0/s1. The molecule has 1 heteroatoms. The highest BCUT2D eigenvalue weighted by molar-refractivity contribution is 5.23. The van der Waals surface area contributed by atoms with Crippen LogP contribution < -0.4 is 0 Å². The molecule has 2 aliphatic rings. The molecule has 1 unspecified atom stereocenters. The number of nitrogens with zero attached hydrogens (tertiary/aromatic N) is 1. The van der Waals surface area contributed by atoms with E-state index in [-0.39, 0.29) is 0 Å². The summed E-state index contributed by atoms with van der Waals surface area (Å²) < 4.78 is 0.942. The van der Waals surface area contributed by atoms with E-state index in [1.807, 2.05) is 0 Å². The Morgan fingerprint density at radius 2 is 2.05 bits per heavy atom. The zero-order valence-electron chi connectivity index (χ0n) is 14.1. The average Bonchev–Trinajstić information content (AvgIpc) is 2.45. The number of quaternary nitrogens is 1. The summed E-state index contributed by atoms with van der Waals surface area (Å²) in [5.41, 5.74) is 2.77. The van der Waals surface area contributed by atoms with Gasteiger partial charge in [-0.15, -0.1) is 0 Å². The van der Waals surface area contributed by atoms with Crippen molar-refractivity contribution in [3.8, 4) is 0 Å². The highest BCUT2D eigenvalue weighted by atomic mass is 15.3. The van der Waals surface area contributed by atoms with Gasteiger partial charge in [-0.25, -0.2) is 0 Å². The third-order valence-corrected chi connectivity index (χ3v) is 5.21. The SMILES string of the molecule is C=C(/C=C\C)C[N@+]1(C)C=CC(CC2CCCCC2)=CC1C. The Hall–Kier alpha value is -1.08. The van der Waals surface area contributed by atoms with Gasteiger partial charge in [0.2, 0.25) is 0 Å². The average molecular weight is 286 g/mol. The molecule has 116 valence electrons. The van der Waals surface area contributed by atoms with Gasteiger partial charge in [-0.05, 0) is 49.5 Å². The van der Waals surface area contributed by atoms with E-state index in [0.717, 1.165) is 16.9 Å². The van der Waals surface area contributed by atoms with Crippen LogP contribution >= 0.6 is 0 Å². The first-order valence-corrected chi connectivity index (χ1v) is 8.59. The van der Waals surface area contributed by atoms with Gasteiger partial charge in [-0.2, -0.15) is 0 Å². The maximum atomic E-state index is 4.17. The van der Waals surface area contributed by atoms with E-state index in [2.05, 4.69) is 58.0 Å². The van der Waals surface area contributed by atoms with Gasteiger partial charge in [0, 0.05) is 0 Å². The van der Waals surface area contributed by atoms with Gasteiger partial charge >= 0.3 is 0 Å². The quantitative estimate of drug-likeness (QED) is 0.470. The van der Waals surface area contributed by atoms with Crippen LogP contribution in [0.15, 0.2) is 48.2 Å². The number of likely N-dealkylation sites (N-methyl/N-ethyl adjacent to an activating group) is 1. The molecule has 0 N–H and O–H groups in total. The van der Waals surface area contributed by atoms with Gasteiger partial charge in [0.15, 0.2) is 0 Å². The summed E-state index contributed by atoms with van der Waals surface area (Å²) in [5.74, 6) is 0.927. The van der Waals surface area contributed by atoms with Gasteiger partial charge in [-0.1, -0.05) is 50.8 Å². The van der Waals surface area contributed by atoms with Crippen LogP contribution in [-0.4, -0.2) is 24.1 Å². The van der Waals surface area contributed by atoms with Crippen molar-refractivity contribution in [3.63, 3.8) is 0 Å². The van der Waals surface area contributed by atoms with E-state index in [9.17, 15) is 0 Å². The first-order chi connectivity index (χ1) is 10.0. The third-order valence-electron chi connectivity index (χ3n) is 5.21. The van der Waals surface area contributed by atoms with Crippen LogP contribution in [0.5, 0.6) is 0 Å². The molecule has 21 heavy (non-hydrogen) atoms. The van der Waals surface area contributed by atoms with E-state index in [0.29, 0.717) is 6.04 Å². The summed E-state index contributed by atoms with van der Waals surface area (Å²) in [7, 11) is 2.31. The molecule has 0 aromatic heterocycles. The molecule has 1 fully saturated rings. The first kappa shape index (κ1) is 16.3. The maximum Gasteiger partial charge on any atom is 0.110 e. The molecular weight excluding hydrogens is 254 g/mol. The number of hydrogen-bond acceptors (Lipinski definition) is 0. The Balaban J connectivity index is 1.96. The third kappa shape index (κ3) is 4.44. The molecule has 1 saturated carbocycles. The minimum Gasteiger partial charge on any atom is -0.291 e. The summed E-state index contributed by atoms with van der Waals surface area (Å²) in [6, 6.07) is 0.538. The maximum absolute atomic E-state index is 4.17. The van der Waals surface area contributed by atoms with E-state index in [1.165, 1.54) is 44.1 Å². The van der Waals surface area contributed by atoms with Crippen molar-refractivity contribution in [2.24, 2.45) is 5.92 Å². The Bertz CT molecular complexity index is 448. The Labute approximate surface area is 131 Å². The molecule has 0 aromatic rings. The van der Waals surface area contributed by atoms with Crippen molar-refractivity contribution in [1.29, 1.82) is 0 Å². The minimum absolute atomic E-state index is 0.538. The van der Waals surface area contributed by atoms with Crippen LogP contribution in [-0.2, 0) is 0 Å². The summed E-state index contributed by atoms with van der Waals surface area (Å²) >= 11 is 0. The normalized spacial score (nSPS) is 30.6. The van der Waals surface area contributed by atoms with Crippen molar-refractivity contribution in [2.45, 2.75) is 58.4 Å². The predicted molar refractivity (Wildman–Crippen MR) is 92.9 cm³/mol. The van der Waals surface area contributed by atoms with Crippen molar-refractivity contribution < 1.29 is 4.48 Å². The molecule has 1 nitrogen and oxygen atoms in total. The first-order valence-electron chi connectivity index (χ1n) is 8.59. The van der Waals surface area contributed by atoms with Gasteiger partial charge in [-0.3, -0.25) is 4.48 Å². The number of hydrogen-bond donors (Lipinski definition) is 0. The molecule has 0 aromatic carbocycles. The smallest absolute Gasteiger partial charge is 0.110 e. The van der Waals surface area contributed by atoms with Crippen LogP contribution in [0.25, 0.3) is 0 Å². The molecular formula is C20H32N+. The lowest BCUT2D eigenvalue weighted by Gasteiger charge is -2.38. The van der Waals surface area contributed by atoms with Crippen LogP contribution in [0.4, 0.5) is 0 Å². The summed E-state index contributed by atoms with van der Waals surface area (Å²) in [4.78, 5) is 0. The van der Waals surface area contributed by atoms with Crippen LogP contribution in [0.2, 0.25) is 0 Å².